The van der Waals surface area contributed by atoms with E-state index in [2.05, 4.69) is 9.88 Å². The topological polar surface area (TPSA) is 66.6 Å². The molecule has 0 spiro atoms. The van der Waals surface area contributed by atoms with Crippen molar-refractivity contribution in [3.63, 3.8) is 0 Å². The Kier molecular flexibility index (Phi) is 3.47. The summed E-state index contributed by atoms with van der Waals surface area (Å²) in [5, 5.41) is 18.1. The predicted molar refractivity (Wildman–Crippen MR) is 64.4 cm³/mol. The van der Waals surface area contributed by atoms with Crippen molar-refractivity contribution >= 4 is 5.70 Å². The van der Waals surface area contributed by atoms with Crippen LogP contribution < -0.4 is 0 Å². The lowest BCUT2D eigenvalue weighted by atomic mass is 10.1. The summed E-state index contributed by atoms with van der Waals surface area (Å²) in [6.45, 7) is 1.84. The highest BCUT2D eigenvalue weighted by molar-refractivity contribution is 5.72. The summed E-state index contributed by atoms with van der Waals surface area (Å²) in [5.41, 5.74) is 1.79. The van der Waals surface area contributed by atoms with Crippen molar-refractivity contribution in [1.82, 2.24) is 9.88 Å². The lowest BCUT2D eigenvalue weighted by Gasteiger charge is -2.30. The van der Waals surface area contributed by atoms with Gasteiger partial charge >= 0.3 is 0 Å². The molecule has 4 nitrogen and oxygen atoms in total. The van der Waals surface area contributed by atoms with Gasteiger partial charge in [-0.1, -0.05) is 0 Å². The monoisotopic (exact) mass is 226 g/mol. The molecule has 0 bridgehead atoms. The van der Waals surface area contributed by atoms with Crippen molar-refractivity contribution in [2.45, 2.75) is 19.3 Å². The molecule has 1 saturated heterocycles. The van der Waals surface area contributed by atoms with Gasteiger partial charge in [-0.25, -0.2) is 0 Å². The summed E-state index contributed by atoms with van der Waals surface area (Å²) >= 11 is 0. The highest BCUT2D eigenvalue weighted by Crippen LogP contribution is 2.25. The molecule has 1 aliphatic rings. The number of aromatic amines is 1. The van der Waals surface area contributed by atoms with Crippen LogP contribution in [0.4, 0.5) is 0 Å². The van der Waals surface area contributed by atoms with Crippen LogP contribution in [0.5, 0.6) is 0 Å². The van der Waals surface area contributed by atoms with E-state index in [4.69, 9.17) is 10.5 Å². The quantitative estimate of drug-likeness (QED) is 0.786. The second-order valence-corrected chi connectivity index (χ2v) is 4.08. The number of H-pyrrole nitrogens is 1. The van der Waals surface area contributed by atoms with E-state index in [0.29, 0.717) is 0 Å². The van der Waals surface area contributed by atoms with E-state index in [0.717, 1.165) is 37.3 Å². The molecule has 0 atom stereocenters. The molecule has 2 rings (SSSR count). The first-order valence-electron chi connectivity index (χ1n) is 5.80. The third-order valence-corrected chi connectivity index (χ3v) is 2.99. The average Bonchev–Trinajstić information content (AvgIpc) is 2.90. The maximum absolute atomic E-state index is 9.05. The lowest BCUT2D eigenvalue weighted by molar-refractivity contribution is 0.324. The highest BCUT2D eigenvalue weighted by atomic mass is 15.1. The van der Waals surface area contributed by atoms with Gasteiger partial charge in [0.1, 0.15) is 12.1 Å². The van der Waals surface area contributed by atoms with Gasteiger partial charge in [-0.3, -0.25) is 0 Å². The first-order chi connectivity index (χ1) is 8.36. The minimum absolute atomic E-state index is 0.189. The minimum Gasteiger partial charge on any atom is -0.368 e. The van der Waals surface area contributed by atoms with E-state index in [1.165, 1.54) is 6.42 Å². The zero-order valence-electron chi connectivity index (χ0n) is 9.61. The Morgan fingerprint density at radius 1 is 1.18 bits per heavy atom. The van der Waals surface area contributed by atoms with Gasteiger partial charge in [-0.15, -0.1) is 0 Å². The fourth-order valence-corrected chi connectivity index (χ4v) is 2.19. The number of allylic oxidation sites excluding steroid dienone is 1. The molecule has 1 aliphatic heterocycles. The van der Waals surface area contributed by atoms with Crippen molar-refractivity contribution in [1.29, 1.82) is 10.5 Å². The van der Waals surface area contributed by atoms with Gasteiger partial charge in [0, 0.05) is 19.3 Å². The van der Waals surface area contributed by atoms with Crippen LogP contribution in [-0.2, 0) is 0 Å². The number of hydrogen-bond donors (Lipinski definition) is 1. The molecule has 17 heavy (non-hydrogen) atoms. The van der Waals surface area contributed by atoms with E-state index in [1.807, 2.05) is 30.5 Å². The largest absolute Gasteiger partial charge is 0.368 e. The van der Waals surface area contributed by atoms with Crippen LogP contribution >= 0.6 is 0 Å². The summed E-state index contributed by atoms with van der Waals surface area (Å²) in [4.78, 5) is 5.22. The van der Waals surface area contributed by atoms with E-state index < -0.39 is 0 Å². The standard InChI is InChI=1S/C13H14N4/c14-9-11(10-15)13(12-5-4-6-16-12)17-7-2-1-3-8-17/h4-6,16H,1-3,7-8H2. The van der Waals surface area contributed by atoms with Crippen molar-refractivity contribution in [3.05, 3.63) is 29.6 Å². The molecule has 0 aromatic carbocycles. The van der Waals surface area contributed by atoms with Gasteiger partial charge in [-0.05, 0) is 31.4 Å². The minimum atomic E-state index is 0.189. The molecular formula is C13H14N4. The summed E-state index contributed by atoms with van der Waals surface area (Å²) in [5.74, 6) is 0. The lowest BCUT2D eigenvalue weighted by Crippen LogP contribution is -2.29. The fraction of sp³-hybridized carbons (Fsp3) is 0.385. The molecule has 1 aromatic rings. The molecule has 2 heterocycles. The Hall–Kier alpha value is -2.20. The SMILES string of the molecule is N#CC(C#N)=C(c1ccc[nH]1)N1CCCCC1. The van der Waals surface area contributed by atoms with Crippen molar-refractivity contribution in [2.24, 2.45) is 0 Å². The van der Waals surface area contributed by atoms with Crippen LogP contribution in [0.25, 0.3) is 5.70 Å². The van der Waals surface area contributed by atoms with Gasteiger partial charge in [0.25, 0.3) is 0 Å². The Morgan fingerprint density at radius 3 is 2.41 bits per heavy atom. The number of nitrogens with one attached hydrogen (secondary N) is 1. The molecule has 4 heteroatoms. The van der Waals surface area contributed by atoms with Gasteiger partial charge in [0.15, 0.2) is 5.57 Å². The Morgan fingerprint density at radius 2 is 1.88 bits per heavy atom. The maximum Gasteiger partial charge on any atom is 0.155 e. The number of aromatic nitrogens is 1. The first-order valence-corrected chi connectivity index (χ1v) is 5.80. The molecule has 0 radical (unpaired) electrons. The highest BCUT2D eigenvalue weighted by Gasteiger charge is 2.19. The van der Waals surface area contributed by atoms with Crippen molar-refractivity contribution in [3.8, 4) is 12.1 Å². The summed E-state index contributed by atoms with van der Waals surface area (Å²) in [7, 11) is 0. The zero-order valence-corrected chi connectivity index (χ0v) is 9.61. The average molecular weight is 226 g/mol. The number of hydrogen-bond acceptors (Lipinski definition) is 3. The number of piperidine rings is 1. The molecule has 0 aliphatic carbocycles. The summed E-state index contributed by atoms with van der Waals surface area (Å²) in [6, 6.07) is 7.77. The van der Waals surface area contributed by atoms with Crippen molar-refractivity contribution in [2.75, 3.05) is 13.1 Å². The zero-order chi connectivity index (χ0) is 12.1. The Labute approximate surface area is 101 Å². The molecule has 0 saturated carbocycles. The molecule has 1 aromatic heterocycles. The molecular weight excluding hydrogens is 212 g/mol. The third-order valence-electron chi connectivity index (χ3n) is 2.99. The fourth-order valence-electron chi connectivity index (χ4n) is 2.19. The summed E-state index contributed by atoms with van der Waals surface area (Å²) in [6.07, 6.45) is 5.28. The van der Waals surface area contributed by atoms with E-state index >= 15 is 0 Å². The number of nitrogens with zero attached hydrogens (tertiary/aromatic N) is 3. The second-order valence-electron chi connectivity index (χ2n) is 4.08. The smallest absolute Gasteiger partial charge is 0.155 e. The van der Waals surface area contributed by atoms with Crippen LogP contribution in [0.2, 0.25) is 0 Å². The number of rotatable bonds is 2. The van der Waals surface area contributed by atoms with Crippen LogP contribution in [0.1, 0.15) is 25.0 Å². The van der Waals surface area contributed by atoms with Gasteiger partial charge in [-0.2, -0.15) is 10.5 Å². The number of nitriles is 2. The van der Waals surface area contributed by atoms with Gasteiger partial charge < -0.3 is 9.88 Å². The van der Waals surface area contributed by atoms with E-state index in [1.54, 1.807) is 0 Å². The second kappa shape index (κ2) is 5.23. The molecule has 0 amide bonds. The Bertz CT molecular complexity index is 462. The number of likely N-dealkylation sites (tertiary alicyclic amines) is 1. The normalized spacial score (nSPS) is 14.8. The van der Waals surface area contributed by atoms with Gasteiger partial charge in [0.05, 0.1) is 11.4 Å². The van der Waals surface area contributed by atoms with Crippen LogP contribution in [0.15, 0.2) is 23.9 Å². The summed E-state index contributed by atoms with van der Waals surface area (Å²) < 4.78 is 0. The molecule has 1 fully saturated rings. The van der Waals surface area contributed by atoms with Crippen LogP contribution in [0.3, 0.4) is 0 Å². The Balaban J connectivity index is 2.42. The van der Waals surface area contributed by atoms with Crippen molar-refractivity contribution < 1.29 is 0 Å². The maximum atomic E-state index is 9.05. The molecule has 0 unspecified atom stereocenters. The third kappa shape index (κ3) is 2.32. The first kappa shape index (κ1) is 11.3. The van der Waals surface area contributed by atoms with Gasteiger partial charge in [0.2, 0.25) is 0 Å². The molecule has 1 N–H and O–H groups in total. The van der Waals surface area contributed by atoms with Crippen LogP contribution in [0, 0.1) is 22.7 Å². The van der Waals surface area contributed by atoms with E-state index in [9.17, 15) is 0 Å². The van der Waals surface area contributed by atoms with Crippen LogP contribution in [-0.4, -0.2) is 23.0 Å². The molecule has 86 valence electrons. The predicted octanol–water partition coefficient (Wildman–Crippen LogP) is 2.26. The van der Waals surface area contributed by atoms with E-state index in [-0.39, 0.29) is 5.57 Å².